The molecule has 1 aromatic heterocycles. The van der Waals surface area contributed by atoms with Crippen LogP contribution in [0.4, 0.5) is 5.82 Å². The number of amides is 1. The highest BCUT2D eigenvalue weighted by molar-refractivity contribution is 7.91. The SMILES string of the molecule is CCS(=O)(=O)c1cccc(-c2cnc(N)c(C(=O)Cc3ccc(S(=O)(=O)NC(C)=O)cc3)n2)c1. The lowest BCUT2D eigenvalue weighted by Crippen LogP contribution is -2.28. The number of sulfonamides is 1. The fraction of sp³-hybridized carbons (Fsp3) is 0.182. The number of benzene rings is 2. The van der Waals surface area contributed by atoms with Crippen molar-refractivity contribution in [3.8, 4) is 11.3 Å². The lowest BCUT2D eigenvalue weighted by molar-refractivity contribution is -0.117. The van der Waals surface area contributed by atoms with E-state index in [1.165, 1.54) is 42.6 Å². The fourth-order valence-corrected chi connectivity index (χ4v) is 4.98. The molecule has 0 aliphatic rings. The minimum atomic E-state index is -3.99. The van der Waals surface area contributed by atoms with Crippen molar-refractivity contribution in [2.24, 2.45) is 0 Å². The molecule has 3 aromatic rings. The van der Waals surface area contributed by atoms with Gasteiger partial charge in [-0.05, 0) is 29.8 Å². The molecule has 1 heterocycles. The maximum Gasteiger partial charge on any atom is 0.264 e. The topological polar surface area (TPSA) is 166 Å². The van der Waals surface area contributed by atoms with Crippen molar-refractivity contribution in [3.63, 3.8) is 0 Å². The molecule has 3 rings (SSSR count). The van der Waals surface area contributed by atoms with Gasteiger partial charge < -0.3 is 5.73 Å². The van der Waals surface area contributed by atoms with Crippen LogP contribution in [0, 0.1) is 0 Å². The van der Waals surface area contributed by atoms with Gasteiger partial charge in [0.15, 0.2) is 21.4 Å². The van der Waals surface area contributed by atoms with Crippen molar-refractivity contribution in [2.45, 2.75) is 30.1 Å². The second-order valence-corrected chi connectivity index (χ2v) is 11.3. The zero-order chi connectivity index (χ0) is 25.1. The van der Waals surface area contributed by atoms with Crippen LogP contribution >= 0.6 is 0 Å². The van der Waals surface area contributed by atoms with Crippen LogP contribution in [-0.2, 0) is 31.1 Å². The maximum atomic E-state index is 12.9. The Morgan fingerprint density at radius 2 is 1.68 bits per heavy atom. The summed E-state index contributed by atoms with van der Waals surface area (Å²) in [6.45, 7) is 2.63. The molecule has 12 heteroatoms. The van der Waals surface area contributed by atoms with Gasteiger partial charge in [-0.25, -0.2) is 31.5 Å². The first kappa shape index (κ1) is 25.0. The summed E-state index contributed by atoms with van der Waals surface area (Å²) >= 11 is 0. The second kappa shape index (κ2) is 9.69. The molecule has 34 heavy (non-hydrogen) atoms. The number of carbonyl (C=O) groups excluding carboxylic acids is 2. The van der Waals surface area contributed by atoms with E-state index in [-0.39, 0.29) is 39.2 Å². The maximum absolute atomic E-state index is 12.9. The standard InChI is InChI=1S/C22H22N4O6S2/c1-3-33(29,30)18-6-4-5-16(12-18)19-13-24-22(23)21(25-19)20(28)11-15-7-9-17(10-8-15)34(31,32)26-14(2)27/h4-10,12-13H,3,11H2,1-2H3,(H2,23,24)(H,26,27). The molecular weight excluding hydrogens is 480 g/mol. The van der Waals surface area contributed by atoms with Gasteiger partial charge in [0.25, 0.3) is 10.0 Å². The van der Waals surface area contributed by atoms with E-state index in [1.54, 1.807) is 19.1 Å². The van der Waals surface area contributed by atoms with Gasteiger partial charge in [-0.3, -0.25) is 9.59 Å². The van der Waals surface area contributed by atoms with Crippen LogP contribution in [0.15, 0.2) is 64.5 Å². The summed E-state index contributed by atoms with van der Waals surface area (Å²) in [5.74, 6) is -1.32. The Balaban J connectivity index is 1.86. The Morgan fingerprint density at radius 1 is 1.00 bits per heavy atom. The summed E-state index contributed by atoms with van der Waals surface area (Å²) in [5.41, 5.74) is 7.01. The zero-order valence-corrected chi connectivity index (χ0v) is 20.0. The van der Waals surface area contributed by atoms with Gasteiger partial charge in [0.05, 0.1) is 27.4 Å². The van der Waals surface area contributed by atoms with Crippen LogP contribution in [0.1, 0.15) is 29.9 Å². The average molecular weight is 503 g/mol. The van der Waals surface area contributed by atoms with Crippen LogP contribution in [0.3, 0.4) is 0 Å². The van der Waals surface area contributed by atoms with Crippen LogP contribution in [0.2, 0.25) is 0 Å². The van der Waals surface area contributed by atoms with Gasteiger partial charge in [0, 0.05) is 18.9 Å². The van der Waals surface area contributed by atoms with Crippen molar-refractivity contribution in [1.82, 2.24) is 14.7 Å². The predicted octanol–water partition coefficient (Wildman–Crippen LogP) is 1.77. The molecule has 178 valence electrons. The van der Waals surface area contributed by atoms with Gasteiger partial charge in [0.2, 0.25) is 5.91 Å². The van der Waals surface area contributed by atoms with E-state index >= 15 is 0 Å². The van der Waals surface area contributed by atoms with Crippen molar-refractivity contribution in [2.75, 3.05) is 11.5 Å². The highest BCUT2D eigenvalue weighted by Gasteiger charge is 2.19. The lowest BCUT2D eigenvalue weighted by Gasteiger charge is -2.09. The summed E-state index contributed by atoms with van der Waals surface area (Å²) in [7, 11) is -7.42. The summed E-state index contributed by atoms with van der Waals surface area (Å²) in [6, 6.07) is 11.6. The molecule has 0 saturated carbocycles. The van der Waals surface area contributed by atoms with Gasteiger partial charge in [0.1, 0.15) is 5.69 Å². The number of nitrogens with two attached hydrogens (primary N) is 1. The Bertz CT molecular complexity index is 1470. The molecule has 1 amide bonds. The number of nitrogen functional groups attached to an aromatic ring is 1. The molecule has 0 bridgehead atoms. The minimum Gasteiger partial charge on any atom is -0.382 e. The third-order valence-electron chi connectivity index (χ3n) is 4.81. The zero-order valence-electron chi connectivity index (χ0n) is 18.3. The summed E-state index contributed by atoms with van der Waals surface area (Å²) in [5, 5.41) is 0. The number of nitrogens with one attached hydrogen (secondary N) is 1. The lowest BCUT2D eigenvalue weighted by atomic mass is 10.1. The first-order chi connectivity index (χ1) is 15.9. The number of nitrogens with zero attached hydrogens (tertiary/aromatic N) is 2. The fourth-order valence-electron chi connectivity index (χ4n) is 3.06. The molecule has 2 aromatic carbocycles. The number of carbonyl (C=O) groups is 2. The Morgan fingerprint density at radius 3 is 2.29 bits per heavy atom. The minimum absolute atomic E-state index is 0.0570. The molecule has 0 spiro atoms. The monoisotopic (exact) mass is 502 g/mol. The molecule has 10 nitrogen and oxygen atoms in total. The quantitative estimate of drug-likeness (QED) is 0.436. The molecule has 0 aliphatic carbocycles. The predicted molar refractivity (Wildman–Crippen MR) is 125 cm³/mol. The largest absolute Gasteiger partial charge is 0.382 e. The smallest absolute Gasteiger partial charge is 0.264 e. The summed E-state index contributed by atoms with van der Waals surface area (Å²) < 4.78 is 50.3. The molecule has 0 unspecified atom stereocenters. The Hall–Kier alpha value is -3.64. The van der Waals surface area contributed by atoms with E-state index in [0.29, 0.717) is 11.1 Å². The molecular formula is C22H22N4O6S2. The van der Waals surface area contributed by atoms with Gasteiger partial charge in [-0.2, -0.15) is 0 Å². The first-order valence-electron chi connectivity index (χ1n) is 10.0. The third kappa shape index (κ3) is 5.64. The third-order valence-corrected chi connectivity index (χ3v) is 7.99. The summed E-state index contributed by atoms with van der Waals surface area (Å²) in [6.07, 6.45) is 1.22. The highest BCUT2D eigenvalue weighted by atomic mass is 32.2. The number of hydrogen-bond acceptors (Lipinski definition) is 9. The molecule has 0 fully saturated rings. The van der Waals surface area contributed by atoms with E-state index in [4.69, 9.17) is 5.73 Å². The molecule has 0 atom stereocenters. The number of Topliss-reactive ketones (excluding diaryl/α,β-unsaturated/α-hetero) is 1. The van der Waals surface area contributed by atoms with Crippen molar-refractivity contribution in [3.05, 3.63) is 66.0 Å². The van der Waals surface area contributed by atoms with E-state index in [0.717, 1.165) is 6.92 Å². The summed E-state index contributed by atoms with van der Waals surface area (Å²) in [4.78, 5) is 32.3. The van der Waals surface area contributed by atoms with E-state index in [2.05, 4.69) is 9.97 Å². The van der Waals surface area contributed by atoms with Gasteiger partial charge in [-0.15, -0.1) is 0 Å². The number of hydrogen-bond donors (Lipinski definition) is 2. The highest BCUT2D eigenvalue weighted by Crippen LogP contribution is 2.23. The van der Waals surface area contributed by atoms with Crippen molar-refractivity contribution in [1.29, 1.82) is 0 Å². The number of rotatable bonds is 8. The van der Waals surface area contributed by atoms with E-state index in [1.807, 2.05) is 4.72 Å². The van der Waals surface area contributed by atoms with Crippen LogP contribution in [-0.4, -0.2) is 44.2 Å². The Labute approximate surface area is 197 Å². The first-order valence-corrected chi connectivity index (χ1v) is 13.2. The normalized spacial score (nSPS) is 11.7. The molecule has 3 N–H and O–H groups in total. The molecule has 0 saturated heterocycles. The molecule has 0 radical (unpaired) electrons. The van der Waals surface area contributed by atoms with E-state index in [9.17, 15) is 26.4 Å². The van der Waals surface area contributed by atoms with Crippen molar-refractivity contribution < 1.29 is 26.4 Å². The van der Waals surface area contributed by atoms with Crippen LogP contribution in [0.25, 0.3) is 11.3 Å². The molecule has 0 aliphatic heterocycles. The number of aromatic nitrogens is 2. The number of anilines is 1. The van der Waals surface area contributed by atoms with Crippen molar-refractivity contribution >= 4 is 37.4 Å². The number of sulfone groups is 1. The second-order valence-electron chi connectivity index (χ2n) is 7.33. The van der Waals surface area contributed by atoms with Gasteiger partial charge in [-0.1, -0.05) is 31.2 Å². The average Bonchev–Trinajstić information content (AvgIpc) is 2.79. The van der Waals surface area contributed by atoms with E-state index < -0.39 is 31.6 Å². The van der Waals surface area contributed by atoms with Crippen LogP contribution in [0.5, 0.6) is 0 Å². The Kier molecular flexibility index (Phi) is 7.12. The van der Waals surface area contributed by atoms with Gasteiger partial charge >= 0.3 is 0 Å². The van der Waals surface area contributed by atoms with Crippen LogP contribution < -0.4 is 10.5 Å². The number of ketones is 1.